The molecule has 0 saturated heterocycles. The zero-order valence-corrected chi connectivity index (χ0v) is 11.0. The molecular weight excluding hydrogens is 275 g/mol. The molecule has 1 aromatic carbocycles. The molecule has 0 bridgehead atoms. The topological polar surface area (TPSA) is 90.1 Å². The Morgan fingerprint density at radius 3 is 3.10 bits per heavy atom. The number of halogens is 1. The number of nitrogens with two attached hydrogens (primary N) is 1. The fourth-order valence-corrected chi connectivity index (χ4v) is 2.27. The summed E-state index contributed by atoms with van der Waals surface area (Å²) < 4.78 is 19.1. The number of primary amides is 1. The number of rotatable bonds is 3. The Kier molecular flexibility index (Phi) is 3.39. The molecular formula is C14H13FN4O2. The molecule has 3 N–H and O–H groups in total. The van der Waals surface area contributed by atoms with Gasteiger partial charge in [0.2, 0.25) is 0 Å². The van der Waals surface area contributed by atoms with Gasteiger partial charge in [0.1, 0.15) is 11.5 Å². The molecule has 3 rings (SSSR count). The van der Waals surface area contributed by atoms with Crippen molar-refractivity contribution in [2.75, 3.05) is 11.9 Å². The molecule has 6 nitrogen and oxygen atoms in total. The highest BCUT2D eigenvalue weighted by atomic mass is 19.1. The van der Waals surface area contributed by atoms with E-state index in [4.69, 9.17) is 10.5 Å². The fourth-order valence-electron chi connectivity index (χ4n) is 2.27. The van der Waals surface area contributed by atoms with E-state index < -0.39 is 11.7 Å². The molecule has 1 amide bonds. The lowest BCUT2D eigenvalue weighted by molar-refractivity contribution is 0.0995. The van der Waals surface area contributed by atoms with Crippen molar-refractivity contribution in [3.63, 3.8) is 0 Å². The van der Waals surface area contributed by atoms with Gasteiger partial charge in [0.15, 0.2) is 11.6 Å². The van der Waals surface area contributed by atoms with E-state index in [0.717, 1.165) is 0 Å². The molecule has 1 aromatic heterocycles. The number of aromatic nitrogens is 2. The van der Waals surface area contributed by atoms with E-state index in [2.05, 4.69) is 15.3 Å². The quantitative estimate of drug-likeness (QED) is 0.896. The van der Waals surface area contributed by atoms with E-state index in [9.17, 15) is 9.18 Å². The predicted molar refractivity (Wildman–Crippen MR) is 73.4 cm³/mol. The van der Waals surface area contributed by atoms with Crippen molar-refractivity contribution >= 4 is 11.7 Å². The highest BCUT2D eigenvalue weighted by molar-refractivity contribution is 5.90. The number of carbonyl (C=O) groups excluding carboxylic acids is 1. The second kappa shape index (κ2) is 5.35. The first-order valence-electron chi connectivity index (χ1n) is 6.45. The molecule has 0 aliphatic carbocycles. The van der Waals surface area contributed by atoms with Crippen molar-refractivity contribution in [3.05, 3.63) is 47.7 Å². The summed E-state index contributed by atoms with van der Waals surface area (Å²) >= 11 is 0. The Morgan fingerprint density at radius 2 is 2.29 bits per heavy atom. The maximum absolute atomic E-state index is 13.7. The van der Waals surface area contributed by atoms with E-state index >= 15 is 0 Å². The largest absolute Gasteiger partial charge is 0.490 e. The normalized spacial score (nSPS) is 16.7. The Bertz CT molecular complexity index is 692. The minimum absolute atomic E-state index is 0.0755. The van der Waals surface area contributed by atoms with Crippen LogP contribution in [0.15, 0.2) is 30.6 Å². The Hall–Kier alpha value is -2.70. The number of anilines is 1. The summed E-state index contributed by atoms with van der Waals surface area (Å²) in [5.41, 5.74) is 5.96. The molecule has 0 unspecified atom stereocenters. The van der Waals surface area contributed by atoms with Gasteiger partial charge in [0, 0.05) is 12.0 Å². The number of ether oxygens (including phenoxy) is 1. The molecule has 0 fully saturated rings. The third-order valence-corrected chi connectivity index (χ3v) is 3.23. The van der Waals surface area contributed by atoms with Crippen LogP contribution in [0.1, 0.15) is 28.5 Å². The van der Waals surface area contributed by atoms with Crippen LogP contribution in [0.25, 0.3) is 0 Å². The van der Waals surface area contributed by atoms with Crippen LogP contribution in [-0.2, 0) is 0 Å². The van der Waals surface area contributed by atoms with Gasteiger partial charge in [-0.1, -0.05) is 12.1 Å². The number of fused-ring (bicyclic) bond motifs is 1. The highest BCUT2D eigenvalue weighted by Gasteiger charge is 2.24. The number of nitrogens with zero attached hydrogens (tertiary/aromatic N) is 2. The molecule has 1 aliphatic heterocycles. The number of benzene rings is 1. The first-order valence-corrected chi connectivity index (χ1v) is 6.45. The lowest BCUT2D eigenvalue weighted by Crippen LogP contribution is -2.22. The number of hydrogen-bond donors (Lipinski definition) is 2. The van der Waals surface area contributed by atoms with Crippen molar-refractivity contribution in [2.45, 2.75) is 12.5 Å². The average molecular weight is 288 g/mol. The lowest BCUT2D eigenvalue weighted by atomic mass is 10.0. The minimum atomic E-state index is -0.649. The second-order valence-electron chi connectivity index (χ2n) is 4.65. The average Bonchev–Trinajstić information content (AvgIpc) is 2.49. The predicted octanol–water partition coefficient (Wildman–Crippen LogP) is 1.65. The zero-order valence-electron chi connectivity index (χ0n) is 11.0. The maximum atomic E-state index is 13.7. The third-order valence-electron chi connectivity index (χ3n) is 3.23. The van der Waals surface area contributed by atoms with Crippen molar-refractivity contribution in [1.29, 1.82) is 0 Å². The molecule has 0 spiro atoms. The molecule has 0 saturated carbocycles. The summed E-state index contributed by atoms with van der Waals surface area (Å²) in [5, 5.41) is 3.13. The summed E-state index contributed by atoms with van der Waals surface area (Å²) in [5.74, 6) is -0.380. The van der Waals surface area contributed by atoms with E-state index in [1.807, 2.05) is 0 Å². The van der Waals surface area contributed by atoms with Gasteiger partial charge in [-0.3, -0.25) is 9.78 Å². The highest BCUT2D eigenvalue weighted by Crippen LogP contribution is 2.35. The number of para-hydroxylation sites is 1. The summed E-state index contributed by atoms with van der Waals surface area (Å²) in [6, 6.07) is 4.61. The molecule has 7 heteroatoms. The third kappa shape index (κ3) is 2.62. The standard InChI is InChI=1S/C14H13FN4O2/c15-9-3-1-2-8-10(4-5-21-13(8)9)18-12-7-17-6-11(19-12)14(16)20/h1-3,6-7,10H,4-5H2,(H2,16,20)(H,18,19)/t10-/m0/s1. The number of amides is 1. The van der Waals surface area contributed by atoms with E-state index in [-0.39, 0.29) is 17.5 Å². The molecule has 0 radical (unpaired) electrons. The van der Waals surface area contributed by atoms with Gasteiger partial charge < -0.3 is 15.8 Å². The number of carbonyl (C=O) groups is 1. The fraction of sp³-hybridized carbons (Fsp3) is 0.214. The zero-order chi connectivity index (χ0) is 14.8. The van der Waals surface area contributed by atoms with Crippen LogP contribution in [0.5, 0.6) is 5.75 Å². The first kappa shape index (κ1) is 13.3. The van der Waals surface area contributed by atoms with E-state index in [0.29, 0.717) is 24.4 Å². The van der Waals surface area contributed by atoms with Crippen LogP contribution < -0.4 is 15.8 Å². The minimum Gasteiger partial charge on any atom is -0.490 e. The van der Waals surface area contributed by atoms with Crippen molar-refractivity contribution < 1.29 is 13.9 Å². The molecule has 1 aliphatic rings. The first-order chi connectivity index (χ1) is 10.1. The van der Waals surface area contributed by atoms with Crippen molar-refractivity contribution in [2.24, 2.45) is 5.73 Å². The lowest BCUT2D eigenvalue weighted by Gasteiger charge is -2.27. The van der Waals surface area contributed by atoms with E-state index in [1.165, 1.54) is 18.5 Å². The Labute approximate surface area is 120 Å². The van der Waals surface area contributed by atoms with Gasteiger partial charge in [0.25, 0.3) is 5.91 Å². The molecule has 2 heterocycles. The molecule has 1 atom stereocenters. The van der Waals surface area contributed by atoms with Crippen LogP contribution in [0.2, 0.25) is 0 Å². The molecule has 108 valence electrons. The maximum Gasteiger partial charge on any atom is 0.268 e. The SMILES string of the molecule is NC(=O)c1cncc(N[C@H]2CCOc3c(F)cccc32)n1. The van der Waals surface area contributed by atoms with Gasteiger partial charge in [-0.25, -0.2) is 9.37 Å². The van der Waals surface area contributed by atoms with Crippen molar-refractivity contribution in [3.8, 4) is 5.75 Å². The van der Waals surface area contributed by atoms with Crippen LogP contribution >= 0.6 is 0 Å². The van der Waals surface area contributed by atoms with Gasteiger partial charge >= 0.3 is 0 Å². The van der Waals surface area contributed by atoms with Gasteiger partial charge in [-0.2, -0.15) is 0 Å². The number of hydrogen-bond acceptors (Lipinski definition) is 5. The van der Waals surface area contributed by atoms with Crippen LogP contribution in [-0.4, -0.2) is 22.5 Å². The second-order valence-corrected chi connectivity index (χ2v) is 4.65. The molecule has 21 heavy (non-hydrogen) atoms. The van der Waals surface area contributed by atoms with Gasteiger partial charge in [-0.15, -0.1) is 0 Å². The summed E-state index contributed by atoms with van der Waals surface area (Å²) in [6.45, 7) is 0.397. The Morgan fingerprint density at radius 1 is 1.43 bits per heavy atom. The van der Waals surface area contributed by atoms with Gasteiger partial charge in [0.05, 0.1) is 25.0 Å². The number of nitrogens with one attached hydrogen (secondary N) is 1. The summed E-state index contributed by atoms with van der Waals surface area (Å²) in [7, 11) is 0. The van der Waals surface area contributed by atoms with Crippen LogP contribution in [0.4, 0.5) is 10.2 Å². The van der Waals surface area contributed by atoms with E-state index in [1.54, 1.807) is 12.1 Å². The monoisotopic (exact) mass is 288 g/mol. The van der Waals surface area contributed by atoms with Crippen molar-refractivity contribution in [1.82, 2.24) is 9.97 Å². The van der Waals surface area contributed by atoms with Crippen LogP contribution in [0, 0.1) is 5.82 Å². The smallest absolute Gasteiger partial charge is 0.268 e. The van der Waals surface area contributed by atoms with Crippen LogP contribution in [0.3, 0.4) is 0 Å². The summed E-state index contributed by atoms with van der Waals surface area (Å²) in [6.07, 6.45) is 3.44. The summed E-state index contributed by atoms with van der Waals surface area (Å²) in [4.78, 5) is 19.1. The molecule has 2 aromatic rings. The van der Waals surface area contributed by atoms with Gasteiger partial charge in [-0.05, 0) is 6.07 Å². The Balaban J connectivity index is 1.89.